The molecule has 2 fully saturated rings. The number of rotatable bonds is 6. The Morgan fingerprint density at radius 1 is 0.857 bits per heavy atom. The van der Waals surface area contributed by atoms with Crippen LogP contribution in [0.15, 0.2) is 30.4 Å². The topological polar surface area (TPSA) is 9.23 Å². The van der Waals surface area contributed by atoms with Crippen LogP contribution in [-0.4, -0.2) is 6.61 Å². The van der Waals surface area contributed by atoms with Crippen molar-refractivity contribution in [2.45, 2.75) is 65.2 Å². The number of hydrogen-bond acceptors (Lipinski definition) is 1. The molecule has 3 rings (SSSR count). The summed E-state index contributed by atoms with van der Waals surface area (Å²) in [5.41, 5.74) is 0.311. The molecule has 0 spiro atoms. The van der Waals surface area contributed by atoms with Crippen LogP contribution in [0.1, 0.15) is 70.8 Å². The van der Waals surface area contributed by atoms with Gasteiger partial charge in [-0.2, -0.15) is 4.39 Å². The summed E-state index contributed by atoms with van der Waals surface area (Å²) in [6.45, 7) is 4.20. The van der Waals surface area contributed by atoms with E-state index in [9.17, 15) is 8.78 Å². The third-order valence-electron chi connectivity index (χ3n) is 6.69. The molecule has 3 heteroatoms. The molecule has 0 unspecified atom stereocenters. The molecule has 0 saturated heterocycles. The minimum Gasteiger partial charge on any atom is -0.491 e. The van der Waals surface area contributed by atoms with Crippen LogP contribution in [0.2, 0.25) is 0 Å². The standard InChI is InChI=1S/C25H34F2O/c1-3-5-18-6-11-20(12-7-18)21-13-8-19(9-14-21)10-15-22-16-17-23(28-4-2)25(27)24(22)26/h3,5,10,15-21H,4,6-9,11-14H2,1-2H3/b5-3+,15-10+. The third kappa shape index (κ3) is 5.24. The van der Waals surface area contributed by atoms with Gasteiger partial charge >= 0.3 is 0 Å². The second kappa shape index (κ2) is 10.2. The van der Waals surface area contributed by atoms with Gasteiger partial charge in [-0.15, -0.1) is 0 Å². The quantitative estimate of drug-likeness (QED) is 0.457. The van der Waals surface area contributed by atoms with E-state index in [0.29, 0.717) is 18.1 Å². The van der Waals surface area contributed by atoms with Gasteiger partial charge in [-0.25, -0.2) is 4.39 Å². The summed E-state index contributed by atoms with van der Waals surface area (Å²) in [5.74, 6) is 1.31. The molecule has 0 N–H and O–H groups in total. The molecule has 2 saturated carbocycles. The number of halogens is 2. The fourth-order valence-electron chi connectivity index (χ4n) is 5.07. The Hall–Kier alpha value is -1.64. The largest absolute Gasteiger partial charge is 0.491 e. The number of hydrogen-bond donors (Lipinski definition) is 0. The van der Waals surface area contributed by atoms with Crippen LogP contribution >= 0.6 is 0 Å². The molecule has 28 heavy (non-hydrogen) atoms. The fourth-order valence-corrected chi connectivity index (χ4v) is 5.07. The van der Waals surface area contributed by atoms with Crippen molar-refractivity contribution in [3.05, 3.63) is 47.6 Å². The maximum absolute atomic E-state index is 14.2. The first-order chi connectivity index (χ1) is 13.6. The van der Waals surface area contributed by atoms with Crippen molar-refractivity contribution in [2.75, 3.05) is 6.61 Å². The van der Waals surface area contributed by atoms with Gasteiger partial charge in [0.1, 0.15) is 0 Å². The fraction of sp³-hybridized carbons (Fsp3) is 0.600. The maximum Gasteiger partial charge on any atom is 0.201 e. The molecule has 1 aromatic rings. The van der Waals surface area contributed by atoms with Gasteiger partial charge < -0.3 is 4.74 Å². The zero-order valence-corrected chi connectivity index (χ0v) is 17.3. The van der Waals surface area contributed by atoms with Gasteiger partial charge in [0.2, 0.25) is 5.82 Å². The molecule has 0 aromatic heterocycles. The normalized spacial score (nSPS) is 28.9. The van der Waals surface area contributed by atoms with Gasteiger partial charge in [0.25, 0.3) is 0 Å². The molecule has 154 valence electrons. The van der Waals surface area contributed by atoms with Crippen molar-refractivity contribution in [1.29, 1.82) is 0 Å². The second-order valence-electron chi connectivity index (χ2n) is 8.45. The lowest BCUT2D eigenvalue weighted by molar-refractivity contribution is 0.166. The highest BCUT2D eigenvalue weighted by atomic mass is 19.2. The SMILES string of the molecule is C/C=C/C1CCC(C2CCC(/C=C/c3ccc(OCC)c(F)c3F)CC2)CC1. The number of ether oxygens (including phenoxy) is 1. The van der Waals surface area contributed by atoms with E-state index in [1.807, 2.05) is 0 Å². The molecule has 1 aromatic carbocycles. The smallest absolute Gasteiger partial charge is 0.201 e. The minimum atomic E-state index is -0.888. The molecule has 0 amide bonds. The van der Waals surface area contributed by atoms with Crippen LogP contribution in [0.5, 0.6) is 5.75 Å². The van der Waals surface area contributed by atoms with E-state index >= 15 is 0 Å². The average molecular weight is 389 g/mol. The Balaban J connectivity index is 1.50. The third-order valence-corrected chi connectivity index (χ3v) is 6.69. The zero-order chi connectivity index (χ0) is 19.9. The van der Waals surface area contributed by atoms with Crippen molar-refractivity contribution in [3.8, 4) is 5.75 Å². The summed E-state index contributed by atoms with van der Waals surface area (Å²) in [4.78, 5) is 0. The van der Waals surface area contributed by atoms with E-state index in [0.717, 1.165) is 30.6 Å². The van der Waals surface area contributed by atoms with Crippen molar-refractivity contribution < 1.29 is 13.5 Å². The van der Waals surface area contributed by atoms with Crippen LogP contribution in [0.3, 0.4) is 0 Å². The van der Waals surface area contributed by atoms with Gasteiger partial charge in [-0.1, -0.05) is 24.3 Å². The van der Waals surface area contributed by atoms with E-state index in [4.69, 9.17) is 4.74 Å². The molecular formula is C25H34F2O. The van der Waals surface area contributed by atoms with Crippen molar-refractivity contribution in [2.24, 2.45) is 23.7 Å². The first-order valence-electron chi connectivity index (χ1n) is 11.0. The summed E-state index contributed by atoms with van der Waals surface area (Å²) in [6.07, 6.45) is 18.7. The lowest BCUT2D eigenvalue weighted by Gasteiger charge is -2.36. The summed E-state index contributed by atoms with van der Waals surface area (Å²) in [6, 6.07) is 3.12. The summed E-state index contributed by atoms with van der Waals surface area (Å²) < 4.78 is 33.3. The number of allylic oxidation sites excluding steroid dienone is 3. The van der Waals surface area contributed by atoms with Crippen LogP contribution in [0.4, 0.5) is 8.78 Å². The van der Waals surface area contributed by atoms with E-state index in [2.05, 4.69) is 25.2 Å². The highest BCUT2D eigenvalue weighted by molar-refractivity contribution is 5.52. The van der Waals surface area contributed by atoms with Crippen LogP contribution in [0, 0.1) is 35.3 Å². The van der Waals surface area contributed by atoms with Crippen molar-refractivity contribution >= 4 is 6.08 Å². The Labute approximate surface area is 168 Å². The van der Waals surface area contributed by atoms with E-state index in [1.165, 1.54) is 44.6 Å². The molecular weight excluding hydrogens is 354 g/mol. The van der Waals surface area contributed by atoms with Gasteiger partial charge in [0.15, 0.2) is 11.6 Å². The second-order valence-corrected chi connectivity index (χ2v) is 8.45. The van der Waals surface area contributed by atoms with E-state index < -0.39 is 11.6 Å². The Morgan fingerprint density at radius 3 is 1.96 bits per heavy atom. The van der Waals surface area contributed by atoms with Crippen LogP contribution in [-0.2, 0) is 0 Å². The minimum absolute atomic E-state index is 0.0122. The lowest BCUT2D eigenvalue weighted by atomic mass is 9.69. The van der Waals surface area contributed by atoms with Gasteiger partial charge in [-0.05, 0) is 101 Å². The summed E-state index contributed by atoms with van der Waals surface area (Å²) in [7, 11) is 0. The zero-order valence-electron chi connectivity index (χ0n) is 17.3. The highest BCUT2D eigenvalue weighted by Crippen LogP contribution is 2.42. The molecule has 0 bridgehead atoms. The molecule has 0 heterocycles. The van der Waals surface area contributed by atoms with Crippen molar-refractivity contribution in [1.82, 2.24) is 0 Å². The predicted octanol–water partition coefficient (Wildman–Crippen LogP) is 7.57. The summed E-state index contributed by atoms with van der Waals surface area (Å²) in [5, 5.41) is 0. The molecule has 0 radical (unpaired) electrons. The molecule has 2 aliphatic carbocycles. The Kier molecular flexibility index (Phi) is 7.70. The maximum atomic E-state index is 14.2. The van der Waals surface area contributed by atoms with Crippen LogP contribution in [0.25, 0.3) is 6.08 Å². The van der Waals surface area contributed by atoms with Crippen LogP contribution < -0.4 is 4.74 Å². The highest BCUT2D eigenvalue weighted by Gasteiger charge is 2.29. The molecule has 1 nitrogen and oxygen atoms in total. The Morgan fingerprint density at radius 2 is 1.43 bits per heavy atom. The molecule has 2 aliphatic rings. The molecule has 0 atom stereocenters. The molecule has 0 aliphatic heterocycles. The monoisotopic (exact) mass is 388 g/mol. The van der Waals surface area contributed by atoms with Gasteiger partial charge in [0, 0.05) is 5.56 Å². The predicted molar refractivity (Wildman–Crippen MR) is 112 cm³/mol. The lowest BCUT2D eigenvalue weighted by Crippen LogP contribution is -2.25. The average Bonchev–Trinajstić information content (AvgIpc) is 2.72. The summed E-state index contributed by atoms with van der Waals surface area (Å²) >= 11 is 0. The van der Waals surface area contributed by atoms with Gasteiger partial charge in [0.05, 0.1) is 6.61 Å². The van der Waals surface area contributed by atoms with Gasteiger partial charge in [-0.3, -0.25) is 0 Å². The van der Waals surface area contributed by atoms with Crippen molar-refractivity contribution in [3.63, 3.8) is 0 Å². The first-order valence-corrected chi connectivity index (χ1v) is 11.0. The first kappa shape index (κ1) is 21.1. The number of benzene rings is 1. The van der Waals surface area contributed by atoms with E-state index in [1.54, 1.807) is 19.1 Å². The Bertz CT molecular complexity index is 678. The van der Waals surface area contributed by atoms with E-state index in [-0.39, 0.29) is 5.75 Å².